The molecule has 5 nitrogen and oxygen atoms in total. The molecule has 0 saturated carbocycles. The first-order chi connectivity index (χ1) is 12.2. The number of carbonyl (C=O) groups excluding carboxylic acids is 1. The van der Waals surface area contributed by atoms with E-state index in [0.717, 1.165) is 18.0 Å². The number of hydrogen-bond donors (Lipinski definition) is 0. The average Bonchev–Trinajstić information content (AvgIpc) is 2.57. The summed E-state index contributed by atoms with van der Waals surface area (Å²) in [6, 6.07) is 9.41. The molecule has 0 bridgehead atoms. The molecule has 1 aliphatic rings. The molecule has 1 saturated heterocycles. The SMILES string of the molecule is CN(C)c1cccc(C(=O)N2CC(Oc3ccc(C(F)(F)F)cn3)C2)c1. The van der Waals surface area contributed by atoms with Gasteiger partial charge < -0.3 is 14.5 Å². The number of ether oxygens (including phenoxy) is 1. The summed E-state index contributed by atoms with van der Waals surface area (Å²) in [5.41, 5.74) is 0.691. The maximum absolute atomic E-state index is 12.5. The van der Waals surface area contributed by atoms with Crippen LogP contribution in [-0.2, 0) is 6.18 Å². The van der Waals surface area contributed by atoms with E-state index in [0.29, 0.717) is 18.7 Å². The van der Waals surface area contributed by atoms with Crippen LogP contribution in [0.5, 0.6) is 5.88 Å². The molecule has 0 aliphatic carbocycles. The summed E-state index contributed by atoms with van der Waals surface area (Å²) >= 11 is 0. The number of hydrogen-bond acceptors (Lipinski definition) is 4. The normalized spacial score (nSPS) is 14.7. The van der Waals surface area contributed by atoms with Crippen molar-refractivity contribution in [3.05, 3.63) is 53.7 Å². The highest BCUT2D eigenvalue weighted by atomic mass is 19.4. The smallest absolute Gasteiger partial charge is 0.417 e. The van der Waals surface area contributed by atoms with E-state index in [4.69, 9.17) is 4.74 Å². The monoisotopic (exact) mass is 365 g/mol. The second kappa shape index (κ2) is 6.86. The summed E-state index contributed by atoms with van der Waals surface area (Å²) in [7, 11) is 3.79. The summed E-state index contributed by atoms with van der Waals surface area (Å²) in [4.78, 5) is 19.7. The standard InChI is InChI=1S/C18H18F3N3O2/c1-23(2)14-5-3-4-12(8-14)17(25)24-10-15(11-24)26-16-7-6-13(9-22-16)18(19,20)21/h3-9,15H,10-11H2,1-2H3. The van der Waals surface area contributed by atoms with E-state index in [1.54, 1.807) is 11.0 Å². The van der Waals surface area contributed by atoms with Crippen LogP contribution in [0.2, 0.25) is 0 Å². The zero-order valence-electron chi connectivity index (χ0n) is 14.3. The van der Waals surface area contributed by atoms with E-state index in [9.17, 15) is 18.0 Å². The van der Waals surface area contributed by atoms with Gasteiger partial charge in [-0.25, -0.2) is 4.98 Å². The summed E-state index contributed by atoms with van der Waals surface area (Å²) in [6.45, 7) is 0.738. The molecule has 2 heterocycles. The Morgan fingerprint density at radius 2 is 1.96 bits per heavy atom. The van der Waals surface area contributed by atoms with Gasteiger partial charge in [0.1, 0.15) is 6.10 Å². The second-order valence-corrected chi connectivity index (χ2v) is 6.28. The van der Waals surface area contributed by atoms with E-state index in [-0.39, 0.29) is 17.9 Å². The predicted molar refractivity (Wildman–Crippen MR) is 90.3 cm³/mol. The molecular weight excluding hydrogens is 347 g/mol. The lowest BCUT2D eigenvalue weighted by molar-refractivity contribution is -0.137. The Hall–Kier alpha value is -2.77. The van der Waals surface area contributed by atoms with Crippen molar-refractivity contribution in [2.75, 3.05) is 32.1 Å². The van der Waals surface area contributed by atoms with Gasteiger partial charge in [0.25, 0.3) is 5.91 Å². The maximum Gasteiger partial charge on any atom is 0.417 e. The minimum absolute atomic E-state index is 0.103. The Balaban J connectivity index is 1.55. The Bertz CT molecular complexity index is 785. The topological polar surface area (TPSA) is 45.7 Å². The summed E-state index contributed by atoms with van der Waals surface area (Å²) in [6.07, 6.45) is -3.96. The molecule has 0 unspecified atom stereocenters. The molecule has 1 aliphatic heterocycles. The van der Waals surface area contributed by atoms with E-state index >= 15 is 0 Å². The Labute approximate surface area is 149 Å². The van der Waals surface area contributed by atoms with Gasteiger partial charge in [0.15, 0.2) is 0 Å². The minimum atomic E-state index is -4.42. The van der Waals surface area contributed by atoms with Gasteiger partial charge in [-0.15, -0.1) is 0 Å². The molecular formula is C18H18F3N3O2. The van der Waals surface area contributed by atoms with Crippen molar-refractivity contribution in [2.24, 2.45) is 0 Å². The van der Waals surface area contributed by atoms with Crippen LogP contribution in [0, 0.1) is 0 Å². The molecule has 1 aromatic carbocycles. The Morgan fingerprint density at radius 3 is 2.54 bits per heavy atom. The van der Waals surface area contributed by atoms with Crippen LogP contribution in [0.25, 0.3) is 0 Å². The third-order valence-corrected chi connectivity index (χ3v) is 4.10. The first-order valence-corrected chi connectivity index (χ1v) is 8.00. The third-order valence-electron chi connectivity index (χ3n) is 4.10. The molecule has 0 N–H and O–H groups in total. The third kappa shape index (κ3) is 3.89. The predicted octanol–water partition coefficient (Wildman–Crippen LogP) is 3.07. The summed E-state index contributed by atoms with van der Waals surface area (Å²) in [5, 5.41) is 0. The zero-order valence-corrected chi connectivity index (χ0v) is 14.3. The number of benzene rings is 1. The first kappa shape index (κ1) is 18.0. The number of aromatic nitrogens is 1. The second-order valence-electron chi connectivity index (χ2n) is 6.28. The fourth-order valence-corrected chi connectivity index (χ4v) is 2.57. The number of amides is 1. The van der Waals surface area contributed by atoms with Gasteiger partial charge in [0.2, 0.25) is 5.88 Å². The molecule has 1 aromatic heterocycles. The lowest BCUT2D eigenvalue weighted by Crippen LogP contribution is -2.56. The fourth-order valence-electron chi connectivity index (χ4n) is 2.57. The number of nitrogens with zero attached hydrogens (tertiary/aromatic N) is 3. The quantitative estimate of drug-likeness (QED) is 0.836. The van der Waals surface area contributed by atoms with Crippen LogP contribution < -0.4 is 9.64 Å². The molecule has 0 spiro atoms. The van der Waals surface area contributed by atoms with Crippen LogP contribution >= 0.6 is 0 Å². The van der Waals surface area contributed by atoms with E-state index in [1.165, 1.54) is 6.07 Å². The van der Waals surface area contributed by atoms with Crippen LogP contribution in [0.1, 0.15) is 15.9 Å². The van der Waals surface area contributed by atoms with Crippen LogP contribution in [0.3, 0.4) is 0 Å². The van der Waals surface area contributed by atoms with Gasteiger partial charge in [-0.3, -0.25) is 4.79 Å². The van der Waals surface area contributed by atoms with Gasteiger partial charge in [0.05, 0.1) is 18.7 Å². The minimum Gasteiger partial charge on any atom is -0.471 e. The largest absolute Gasteiger partial charge is 0.471 e. The van der Waals surface area contributed by atoms with Gasteiger partial charge in [-0.05, 0) is 24.3 Å². The van der Waals surface area contributed by atoms with Crippen molar-refractivity contribution in [3.63, 3.8) is 0 Å². The van der Waals surface area contributed by atoms with E-state index < -0.39 is 11.7 Å². The highest BCUT2D eigenvalue weighted by Gasteiger charge is 2.34. The molecule has 1 fully saturated rings. The number of halogens is 3. The summed E-state index contributed by atoms with van der Waals surface area (Å²) in [5.74, 6) is 0.0126. The lowest BCUT2D eigenvalue weighted by atomic mass is 10.1. The summed E-state index contributed by atoms with van der Waals surface area (Å²) < 4.78 is 43.0. The average molecular weight is 365 g/mol. The molecule has 138 valence electrons. The van der Waals surface area contributed by atoms with Crippen molar-refractivity contribution in [3.8, 4) is 5.88 Å². The van der Waals surface area contributed by atoms with Crippen molar-refractivity contribution in [1.29, 1.82) is 0 Å². The molecule has 1 amide bonds. The number of alkyl halides is 3. The number of pyridine rings is 1. The van der Waals surface area contributed by atoms with Gasteiger partial charge in [-0.2, -0.15) is 13.2 Å². The van der Waals surface area contributed by atoms with E-state index in [2.05, 4.69) is 4.98 Å². The van der Waals surface area contributed by atoms with Gasteiger partial charge >= 0.3 is 6.18 Å². The Kier molecular flexibility index (Phi) is 4.76. The number of anilines is 1. The van der Waals surface area contributed by atoms with Crippen molar-refractivity contribution < 1.29 is 22.7 Å². The van der Waals surface area contributed by atoms with Gasteiger partial charge in [0, 0.05) is 37.6 Å². The highest BCUT2D eigenvalue weighted by Crippen LogP contribution is 2.29. The fraction of sp³-hybridized carbons (Fsp3) is 0.333. The van der Waals surface area contributed by atoms with Gasteiger partial charge in [-0.1, -0.05) is 6.07 Å². The zero-order chi connectivity index (χ0) is 18.9. The van der Waals surface area contributed by atoms with E-state index in [1.807, 2.05) is 37.2 Å². The van der Waals surface area contributed by atoms with Crippen LogP contribution in [-0.4, -0.2) is 49.1 Å². The molecule has 3 rings (SSSR count). The number of rotatable bonds is 4. The number of carbonyl (C=O) groups is 1. The van der Waals surface area contributed by atoms with Crippen LogP contribution in [0.15, 0.2) is 42.6 Å². The Morgan fingerprint density at radius 1 is 1.23 bits per heavy atom. The lowest BCUT2D eigenvalue weighted by Gasteiger charge is -2.38. The molecule has 8 heteroatoms. The number of likely N-dealkylation sites (tertiary alicyclic amines) is 1. The van der Waals surface area contributed by atoms with Crippen molar-refractivity contribution in [2.45, 2.75) is 12.3 Å². The maximum atomic E-state index is 12.5. The molecule has 0 atom stereocenters. The first-order valence-electron chi connectivity index (χ1n) is 8.00. The molecule has 2 aromatic rings. The van der Waals surface area contributed by atoms with Crippen LogP contribution in [0.4, 0.5) is 18.9 Å². The van der Waals surface area contributed by atoms with Crippen molar-refractivity contribution in [1.82, 2.24) is 9.88 Å². The molecule has 0 radical (unpaired) electrons. The van der Waals surface area contributed by atoms with Crippen molar-refractivity contribution >= 4 is 11.6 Å². The molecule has 26 heavy (non-hydrogen) atoms. The highest BCUT2D eigenvalue weighted by molar-refractivity contribution is 5.95.